The smallest absolute Gasteiger partial charge is 0.238 e. The Morgan fingerprint density at radius 1 is 1.39 bits per heavy atom. The van der Waals surface area contributed by atoms with Crippen molar-refractivity contribution in [3.8, 4) is 6.07 Å². The Hall–Kier alpha value is -1.55. The quantitative estimate of drug-likeness (QED) is 0.570. The molecule has 0 spiro atoms. The van der Waals surface area contributed by atoms with Gasteiger partial charge in [-0.05, 0) is 49.7 Å². The van der Waals surface area contributed by atoms with Crippen LogP contribution < -0.4 is 10.6 Å². The van der Waals surface area contributed by atoms with E-state index in [-0.39, 0.29) is 30.4 Å². The molecule has 3 atom stereocenters. The van der Waals surface area contributed by atoms with E-state index in [0.717, 1.165) is 29.8 Å². The van der Waals surface area contributed by atoms with E-state index in [9.17, 15) is 9.90 Å². The average molecular weight is 404 g/mol. The maximum atomic E-state index is 12.6. The number of aliphatic hydroxyl groups is 1. The van der Waals surface area contributed by atoms with Crippen molar-refractivity contribution in [2.24, 2.45) is 17.3 Å². The molecule has 0 aromatic heterocycles. The number of carbonyl (C=O) groups excluding carboxylic acids is 1. The van der Waals surface area contributed by atoms with Crippen molar-refractivity contribution in [2.45, 2.75) is 57.4 Å². The molecule has 6 heteroatoms. The molecule has 2 rings (SSSR count). The monoisotopic (exact) mass is 403 g/mol. The summed E-state index contributed by atoms with van der Waals surface area (Å²) in [6, 6.07) is 9.89. The molecule has 0 radical (unpaired) electrons. The number of carbonyl (C=O) groups is 1. The number of amides is 1. The zero-order valence-electron chi connectivity index (χ0n) is 17.4. The Morgan fingerprint density at radius 3 is 2.75 bits per heavy atom. The van der Waals surface area contributed by atoms with Gasteiger partial charge in [0, 0.05) is 16.2 Å². The zero-order chi connectivity index (χ0) is 20.8. The third-order valence-corrected chi connectivity index (χ3v) is 6.59. The topological polar surface area (TPSA) is 85.2 Å². The highest BCUT2D eigenvalue weighted by Gasteiger charge is 2.42. The third-order valence-electron chi connectivity index (χ3n) is 5.25. The van der Waals surface area contributed by atoms with Gasteiger partial charge in [-0.15, -0.1) is 11.8 Å². The summed E-state index contributed by atoms with van der Waals surface area (Å²) < 4.78 is 0. The maximum Gasteiger partial charge on any atom is 0.238 e. The highest BCUT2D eigenvalue weighted by molar-refractivity contribution is 7.99. The van der Waals surface area contributed by atoms with Crippen LogP contribution in [0.3, 0.4) is 0 Å². The van der Waals surface area contributed by atoms with Crippen LogP contribution in [0.1, 0.15) is 47.0 Å². The van der Waals surface area contributed by atoms with Gasteiger partial charge in [-0.25, -0.2) is 0 Å². The first-order valence-electron chi connectivity index (χ1n) is 9.96. The number of hydrogen-bond acceptors (Lipinski definition) is 5. The number of aliphatic hydroxyl groups excluding tert-OH is 1. The highest BCUT2D eigenvalue weighted by Crippen LogP contribution is 2.43. The van der Waals surface area contributed by atoms with Crippen LogP contribution in [-0.2, 0) is 4.79 Å². The first-order valence-corrected chi connectivity index (χ1v) is 10.9. The van der Waals surface area contributed by atoms with Crippen LogP contribution in [0.25, 0.3) is 0 Å². The van der Waals surface area contributed by atoms with Gasteiger partial charge in [0.05, 0.1) is 30.8 Å². The molecule has 1 aromatic rings. The summed E-state index contributed by atoms with van der Waals surface area (Å²) in [5.74, 6) is 1.02. The molecule has 5 nitrogen and oxygen atoms in total. The van der Waals surface area contributed by atoms with Gasteiger partial charge >= 0.3 is 0 Å². The molecule has 1 fully saturated rings. The molecule has 1 amide bonds. The van der Waals surface area contributed by atoms with Crippen molar-refractivity contribution in [1.29, 1.82) is 5.26 Å². The Morgan fingerprint density at radius 2 is 2.11 bits per heavy atom. The molecule has 0 saturated heterocycles. The standard InChI is InChI=1S/C22H33N3O2S/c1-16-9-21(3,4)14-22(10-16,15-26)24-12-20(27)25-18-7-5-6-8-19(18)28-13-17(2)11-23/h5-8,16-17,24,26H,9-10,12-15H2,1-4H3,(H,25,27)/t16-,17-,22+/m1/s1. The Bertz CT molecular complexity index is 716. The minimum Gasteiger partial charge on any atom is -0.394 e. The molecule has 1 aromatic carbocycles. The Kier molecular flexibility index (Phi) is 7.94. The fourth-order valence-electron chi connectivity index (χ4n) is 4.46. The maximum absolute atomic E-state index is 12.6. The summed E-state index contributed by atoms with van der Waals surface area (Å²) >= 11 is 1.57. The molecule has 0 heterocycles. The molecule has 1 aliphatic rings. The number of nitriles is 1. The number of thioether (sulfide) groups is 1. The number of para-hydroxylation sites is 1. The second-order valence-corrected chi connectivity index (χ2v) is 10.1. The van der Waals surface area contributed by atoms with E-state index >= 15 is 0 Å². The van der Waals surface area contributed by atoms with Crippen LogP contribution in [0.5, 0.6) is 0 Å². The molecule has 1 aliphatic carbocycles. The summed E-state index contributed by atoms with van der Waals surface area (Å²) in [6.45, 7) is 8.75. The summed E-state index contributed by atoms with van der Waals surface area (Å²) in [4.78, 5) is 13.5. The van der Waals surface area contributed by atoms with Crippen LogP contribution in [0.4, 0.5) is 5.69 Å². The minimum atomic E-state index is -0.408. The van der Waals surface area contributed by atoms with Crippen molar-refractivity contribution in [3.05, 3.63) is 24.3 Å². The van der Waals surface area contributed by atoms with E-state index in [4.69, 9.17) is 5.26 Å². The SMILES string of the molecule is C[C@@H]1CC(C)(C)C[C@@](CO)(NCC(=O)Nc2ccccc2SC[C@H](C)C#N)C1. The lowest BCUT2D eigenvalue weighted by molar-refractivity contribution is -0.116. The Labute approximate surface area is 173 Å². The first kappa shape index (κ1) is 22.7. The molecule has 154 valence electrons. The van der Waals surface area contributed by atoms with Gasteiger partial charge in [-0.3, -0.25) is 4.79 Å². The van der Waals surface area contributed by atoms with E-state index < -0.39 is 5.54 Å². The van der Waals surface area contributed by atoms with Crippen LogP contribution in [0.2, 0.25) is 0 Å². The molecule has 1 saturated carbocycles. The predicted molar refractivity (Wildman–Crippen MR) is 115 cm³/mol. The fourth-order valence-corrected chi connectivity index (χ4v) is 5.42. The van der Waals surface area contributed by atoms with E-state index in [1.807, 2.05) is 31.2 Å². The number of nitrogens with one attached hydrogen (secondary N) is 2. The van der Waals surface area contributed by atoms with E-state index in [1.54, 1.807) is 11.8 Å². The summed E-state index contributed by atoms with van der Waals surface area (Å²) in [5.41, 5.74) is 0.499. The predicted octanol–water partition coefficient (Wildman–Crippen LogP) is 4.04. The molecule has 0 unspecified atom stereocenters. The molecule has 28 heavy (non-hydrogen) atoms. The fraction of sp³-hybridized carbons (Fsp3) is 0.636. The van der Waals surface area contributed by atoms with Crippen LogP contribution in [0.15, 0.2) is 29.2 Å². The van der Waals surface area contributed by atoms with Crippen molar-refractivity contribution >= 4 is 23.4 Å². The van der Waals surface area contributed by atoms with Crippen molar-refractivity contribution in [2.75, 3.05) is 24.2 Å². The first-order chi connectivity index (χ1) is 13.2. The van der Waals surface area contributed by atoms with Crippen molar-refractivity contribution in [3.63, 3.8) is 0 Å². The van der Waals surface area contributed by atoms with Crippen molar-refractivity contribution < 1.29 is 9.90 Å². The lowest BCUT2D eigenvalue weighted by Crippen LogP contribution is -2.56. The lowest BCUT2D eigenvalue weighted by atomic mass is 9.64. The number of nitrogens with zero attached hydrogens (tertiary/aromatic N) is 1. The minimum absolute atomic E-state index is 0.0343. The zero-order valence-corrected chi connectivity index (χ0v) is 18.2. The van der Waals surface area contributed by atoms with E-state index in [0.29, 0.717) is 11.7 Å². The van der Waals surface area contributed by atoms with E-state index in [2.05, 4.69) is 37.5 Å². The number of hydrogen-bond donors (Lipinski definition) is 3. The van der Waals surface area contributed by atoms with Crippen LogP contribution >= 0.6 is 11.8 Å². The third kappa shape index (κ3) is 6.51. The van der Waals surface area contributed by atoms with Gasteiger partial charge < -0.3 is 15.7 Å². The lowest BCUT2D eigenvalue weighted by Gasteiger charge is -2.47. The normalized spacial score (nSPS) is 24.9. The second-order valence-electron chi connectivity index (χ2n) is 9.03. The molecule has 0 bridgehead atoms. The summed E-state index contributed by atoms with van der Waals surface area (Å²) in [5, 5.41) is 25.4. The molecular weight excluding hydrogens is 370 g/mol. The average Bonchev–Trinajstić information content (AvgIpc) is 2.64. The van der Waals surface area contributed by atoms with Gasteiger partial charge in [-0.2, -0.15) is 5.26 Å². The number of anilines is 1. The van der Waals surface area contributed by atoms with Gasteiger partial charge in [0.2, 0.25) is 5.91 Å². The highest BCUT2D eigenvalue weighted by atomic mass is 32.2. The molecular formula is C22H33N3O2S. The summed E-state index contributed by atoms with van der Waals surface area (Å²) in [7, 11) is 0. The molecule has 0 aliphatic heterocycles. The number of rotatable bonds is 8. The van der Waals surface area contributed by atoms with Crippen LogP contribution in [0, 0.1) is 28.6 Å². The second kappa shape index (κ2) is 9.78. The van der Waals surface area contributed by atoms with Gasteiger partial charge in [-0.1, -0.05) is 32.9 Å². The summed E-state index contributed by atoms with van der Waals surface area (Å²) in [6.07, 6.45) is 2.86. The van der Waals surface area contributed by atoms with Crippen molar-refractivity contribution in [1.82, 2.24) is 5.32 Å². The largest absolute Gasteiger partial charge is 0.394 e. The van der Waals surface area contributed by atoms with Gasteiger partial charge in [0.25, 0.3) is 0 Å². The Balaban J connectivity index is 1.98. The molecule has 3 N–H and O–H groups in total. The number of benzene rings is 1. The van der Waals surface area contributed by atoms with Gasteiger partial charge in [0.15, 0.2) is 0 Å². The van der Waals surface area contributed by atoms with Crippen LogP contribution in [-0.4, -0.2) is 35.5 Å². The van der Waals surface area contributed by atoms with E-state index in [1.165, 1.54) is 0 Å². The van der Waals surface area contributed by atoms with Gasteiger partial charge in [0.1, 0.15) is 0 Å².